The monoisotopic (exact) mass is 549 g/mol. The van der Waals surface area contributed by atoms with Crippen LogP contribution in [0.4, 0.5) is 0 Å². The molecule has 0 radical (unpaired) electrons. The van der Waals surface area contributed by atoms with Gasteiger partial charge in [-0.3, -0.25) is 19.4 Å². The number of amides is 3. The van der Waals surface area contributed by atoms with E-state index in [0.717, 1.165) is 0 Å². The van der Waals surface area contributed by atoms with Gasteiger partial charge in [0.25, 0.3) is 0 Å². The molecule has 0 heterocycles. The fourth-order valence-corrected chi connectivity index (χ4v) is 3.67. The summed E-state index contributed by atoms with van der Waals surface area (Å²) in [5.41, 5.74) is 17.2. The van der Waals surface area contributed by atoms with Gasteiger partial charge < -0.3 is 43.4 Å². The Kier molecular flexibility index (Phi) is 13.7. The lowest BCUT2D eigenvalue weighted by Crippen LogP contribution is -2.59. The van der Waals surface area contributed by atoms with Crippen molar-refractivity contribution in [2.75, 3.05) is 6.54 Å². The highest BCUT2D eigenvalue weighted by molar-refractivity contribution is 5.94. The molecule has 13 heteroatoms. The molecule has 5 unspecified atom stereocenters. The Morgan fingerprint density at radius 1 is 0.923 bits per heavy atom. The highest BCUT2D eigenvalue weighted by atomic mass is 16.4. The van der Waals surface area contributed by atoms with Crippen LogP contribution in [-0.4, -0.2) is 70.6 Å². The van der Waals surface area contributed by atoms with Gasteiger partial charge in [0.15, 0.2) is 5.96 Å². The van der Waals surface area contributed by atoms with Gasteiger partial charge in [0.2, 0.25) is 17.7 Å². The van der Waals surface area contributed by atoms with Crippen LogP contribution in [0.1, 0.15) is 52.5 Å². The smallest absolute Gasteiger partial charge is 0.326 e. The number of guanidine groups is 1. The second-order valence-electron chi connectivity index (χ2n) is 9.92. The Hall–Kier alpha value is -3.87. The predicted molar refractivity (Wildman–Crippen MR) is 147 cm³/mol. The summed E-state index contributed by atoms with van der Waals surface area (Å²) in [6.45, 7) is 7.41. The molecule has 0 aromatic heterocycles. The van der Waals surface area contributed by atoms with Gasteiger partial charge in [-0.05, 0) is 42.4 Å². The predicted octanol–water partition coefficient (Wildman–Crippen LogP) is -0.443. The maximum absolute atomic E-state index is 13.3. The molecular weight excluding hydrogens is 506 g/mol. The third-order valence-corrected chi connectivity index (χ3v) is 6.38. The number of carboxylic acids is 1. The van der Waals surface area contributed by atoms with Gasteiger partial charge in [0, 0.05) is 13.0 Å². The van der Waals surface area contributed by atoms with Crippen LogP contribution < -0.4 is 33.2 Å². The van der Waals surface area contributed by atoms with E-state index in [0.29, 0.717) is 18.4 Å². The first-order valence-corrected chi connectivity index (χ1v) is 13.0. The summed E-state index contributed by atoms with van der Waals surface area (Å²) in [7, 11) is 0. The summed E-state index contributed by atoms with van der Waals surface area (Å²) in [6.07, 6.45) is 1.03. The zero-order chi connectivity index (χ0) is 29.7. The third kappa shape index (κ3) is 11.6. The molecule has 0 fully saturated rings. The molecule has 3 amide bonds. The van der Waals surface area contributed by atoms with E-state index in [1.54, 1.807) is 26.0 Å². The molecule has 1 rings (SSSR count). The number of carboxylic acid groups (broad SMARTS) is 1. The van der Waals surface area contributed by atoms with Gasteiger partial charge >= 0.3 is 5.97 Å². The lowest BCUT2D eigenvalue weighted by atomic mass is 9.97. The van der Waals surface area contributed by atoms with E-state index in [9.17, 15) is 29.4 Å². The van der Waals surface area contributed by atoms with Crippen molar-refractivity contribution in [1.29, 1.82) is 0 Å². The van der Waals surface area contributed by atoms with Crippen molar-refractivity contribution in [2.24, 2.45) is 34.0 Å². The van der Waals surface area contributed by atoms with E-state index in [-0.39, 0.29) is 42.9 Å². The number of hydrogen-bond donors (Lipinski definition) is 8. The Labute approximate surface area is 229 Å². The third-order valence-electron chi connectivity index (χ3n) is 6.38. The number of carbonyl (C=O) groups excluding carboxylic acids is 3. The van der Waals surface area contributed by atoms with Crippen molar-refractivity contribution in [3.05, 3.63) is 29.8 Å². The van der Waals surface area contributed by atoms with Crippen molar-refractivity contribution in [2.45, 2.75) is 77.5 Å². The molecule has 11 N–H and O–H groups in total. The summed E-state index contributed by atoms with van der Waals surface area (Å²) in [5, 5.41) is 27.0. The number of aromatic hydroxyl groups is 1. The van der Waals surface area contributed by atoms with E-state index in [2.05, 4.69) is 20.9 Å². The number of nitrogens with one attached hydrogen (secondary N) is 3. The largest absolute Gasteiger partial charge is 0.508 e. The Bertz CT molecular complexity index is 995. The molecule has 5 atom stereocenters. The van der Waals surface area contributed by atoms with Gasteiger partial charge in [0.05, 0.1) is 6.04 Å². The number of carbonyl (C=O) groups is 4. The summed E-state index contributed by atoms with van der Waals surface area (Å²) in [5.74, 6) is -3.62. The SMILES string of the molecule is CCC(C)C(N)C(=O)NC(C(=O)NC(Cc1ccc(O)cc1)C(=O)NC(CCCN=C(N)N)C(=O)O)C(C)C. The second-order valence-corrected chi connectivity index (χ2v) is 9.92. The summed E-state index contributed by atoms with van der Waals surface area (Å²) in [4.78, 5) is 54.8. The molecule has 0 aliphatic carbocycles. The van der Waals surface area contributed by atoms with Crippen molar-refractivity contribution in [3.8, 4) is 5.75 Å². The van der Waals surface area contributed by atoms with Crippen LogP contribution in [0.25, 0.3) is 0 Å². The van der Waals surface area contributed by atoms with Crippen molar-refractivity contribution in [1.82, 2.24) is 16.0 Å². The van der Waals surface area contributed by atoms with Crippen LogP contribution in [0.2, 0.25) is 0 Å². The minimum absolute atomic E-state index is 0.00331. The molecule has 0 spiro atoms. The fraction of sp³-hybridized carbons (Fsp3) is 0.577. The zero-order valence-corrected chi connectivity index (χ0v) is 23.0. The molecule has 0 saturated carbocycles. The second kappa shape index (κ2) is 16.2. The first-order chi connectivity index (χ1) is 18.3. The number of nitrogens with two attached hydrogens (primary N) is 3. The average Bonchev–Trinajstić information content (AvgIpc) is 2.87. The normalized spacial score (nSPS) is 14.8. The van der Waals surface area contributed by atoms with Crippen molar-refractivity contribution >= 4 is 29.7 Å². The molecule has 1 aromatic rings. The van der Waals surface area contributed by atoms with Crippen LogP contribution in [0.5, 0.6) is 5.75 Å². The molecule has 13 nitrogen and oxygen atoms in total. The molecule has 0 bridgehead atoms. The van der Waals surface area contributed by atoms with Gasteiger partial charge in [0.1, 0.15) is 23.9 Å². The van der Waals surface area contributed by atoms with E-state index in [4.69, 9.17) is 17.2 Å². The summed E-state index contributed by atoms with van der Waals surface area (Å²) in [6, 6.07) is 1.81. The van der Waals surface area contributed by atoms with Crippen LogP contribution in [-0.2, 0) is 25.6 Å². The molecule has 0 aliphatic heterocycles. The molecule has 0 aliphatic rings. The highest BCUT2D eigenvalue weighted by Crippen LogP contribution is 2.13. The van der Waals surface area contributed by atoms with E-state index in [1.165, 1.54) is 12.1 Å². The number of aliphatic imine (C=N–C) groups is 1. The van der Waals surface area contributed by atoms with Gasteiger partial charge in [-0.15, -0.1) is 0 Å². The first-order valence-electron chi connectivity index (χ1n) is 13.0. The number of aliphatic carboxylic acids is 1. The Morgan fingerprint density at radius 2 is 1.51 bits per heavy atom. The first kappa shape index (κ1) is 33.2. The van der Waals surface area contributed by atoms with Gasteiger partial charge in [-0.25, -0.2) is 4.79 Å². The number of phenolic OH excluding ortho intramolecular Hbond substituents is 1. The topological polar surface area (TPSA) is 235 Å². The fourth-order valence-electron chi connectivity index (χ4n) is 3.67. The van der Waals surface area contributed by atoms with E-state index in [1.807, 2.05) is 13.8 Å². The lowest BCUT2D eigenvalue weighted by molar-refractivity contribution is -0.142. The molecule has 39 heavy (non-hydrogen) atoms. The number of benzene rings is 1. The quantitative estimate of drug-likeness (QED) is 0.0756. The van der Waals surface area contributed by atoms with Crippen molar-refractivity contribution < 1.29 is 29.4 Å². The Balaban J connectivity index is 3.12. The minimum Gasteiger partial charge on any atom is -0.508 e. The molecule has 1 aromatic carbocycles. The zero-order valence-electron chi connectivity index (χ0n) is 23.0. The number of rotatable bonds is 16. The van der Waals surface area contributed by atoms with Crippen LogP contribution in [0.15, 0.2) is 29.3 Å². The molecule has 218 valence electrons. The number of nitrogens with zero attached hydrogens (tertiary/aromatic N) is 1. The average molecular weight is 550 g/mol. The van der Waals surface area contributed by atoms with Gasteiger partial charge in [-0.1, -0.05) is 46.2 Å². The summed E-state index contributed by atoms with van der Waals surface area (Å²) < 4.78 is 0. The minimum atomic E-state index is -1.26. The number of hydrogen-bond acceptors (Lipinski definition) is 7. The van der Waals surface area contributed by atoms with Crippen LogP contribution in [0, 0.1) is 11.8 Å². The maximum Gasteiger partial charge on any atom is 0.326 e. The highest BCUT2D eigenvalue weighted by Gasteiger charge is 2.32. The summed E-state index contributed by atoms with van der Waals surface area (Å²) >= 11 is 0. The maximum atomic E-state index is 13.3. The Morgan fingerprint density at radius 3 is 2.03 bits per heavy atom. The molecular formula is C26H43N7O6. The van der Waals surface area contributed by atoms with E-state index >= 15 is 0 Å². The standard InChI is InChI=1S/C26H43N7O6/c1-5-15(4)20(27)23(36)33-21(14(2)3)24(37)32-19(13-16-8-10-17(34)11-9-16)22(35)31-18(25(38)39)7-6-12-30-26(28)29/h8-11,14-15,18-21,34H,5-7,12-13,27H2,1-4H3,(H,31,35)(H,32,37)(H,33,36)(H,38,39)(H4,28,29,30). The van der Waals surface area contributed by atoms with Gasteiger partial charge in [-0.2, -0.15) is 0 Å². The van der Waals surface area contributed by atoms with Crippen LogP contribution >= 0.6 is 0 Å². The molecule has 0 saturated heterocycles. The van der Waals surface area contributed by atoms with Crippen molar-refractivity contribution in [3.63, 3.8) is 0 Å². The van der Waals surface area contributed by atoms with Crippen LogP contribution in [0.3, 0.4) is 0 Å². The van der Waals surface area contributed by atoms with E-state index < -0.39 is 47.9 Å². The number of phenols is 1. The lowest BCUT2D eigenvalue weighted by Gasteiger charge is -2.28.